The molecular formula is C5H6Cl2Zr-. The van der Waals surface area contributed by atoms with E-state index in [2.05, 4.69) is 0 Å². The fourth-order valence-corrected chi connectivity index (χ4v) is 0.321. The summed E-state index contributed by atoms with van der Waals surface area (Å²) in [6.45, 7) is 0. The van der Waals surface area contributed by atoms with Gasteiger partial charge in [-0.25, -0.2) is 12.1 Å². The minimum atomic E-state index is -0.946. The molecule has 0 radical (unpaired) electrons. The molecule has 1 aromatic rings. The predicted octanol–water partition coefficient (Wildman–Crippen LogP) is 2.51. The standard InChI is InChI=1S/C5H5.2ClH.Zr.H/c1-2-4-5-3-1;;;;/h1-5H;2*1H;;/q-1;;;+2;/p-2. The Morgan fingerprint density at radius 2 is 1.50 bits per heavy atom. The van der Waals surface area contributed by atoms with Crippen LogP contribution in [0.25, 0.3) is 0 Å². The van der Waals surface area contributed by atoms with Crippen molar-refractivity contribution in [2.24, 2.45) is 0 Å². The first-order chi connectivity index (χ1) is 3.91. The molecule has 0 fully saturated rings. The SMILES string of the molecule is [Cl][ZrH][Cl].c1cc[cH-]c1. The first-order valence-electron chi connectivity index (χ1n) is 2.10. The summed E-state index contributed by atoms with van der Waals surface area (Å²) in [5.74, 6) is 0. The van der Waals surface area contributed by atoms with Gasteiger partial charge in [0.15, 0.2) is 0 Å². The van der Waals surface area contributed by atoms with Gasteiger partial charge in [0.1, 0.15) is 0 Å². The molecule has 0 spiro atoms. The van der Waals surface area contributed by atoms with Gasteiger partial charge >= 0.3 is 37.9 Å². The summed E-state index contributed by atoms with van der Waals surface area (Å²) in [6.07, 6.45) is 0. The fourth-order valence-electron chi connectivity index (χ4n) is 0.321. The van der Waals surface area contributed by atoms with Crippen LogP contribution in [0.4, 0.5) is 0 Å². The molecule has 0 N–H and O–H groups in total. The average Bonchev–Trinajstić information content (AvgIpc) is 2.17. The van der Waals surface area contributed by atoms with Crippen molar-refractivity contribution in [1.82, 2.24) is 0 Å². The van der Waals surface area contributed by atoms with Gasteiger partial charge in [-0.15, -0.1) is 0 Å². The molecule has 0 heterocycles. The molecule has 0 amide bonds. The smallest absolute Gasteiger partial charge is 0.172 e. The van der Waals surface area contributed by atoms with Crippen molar-refractivity contribution in [3.8, 4) is 0 Å². The van der Waals surface area contributed by atoms with E-state index in [0.29, 0.717) is 0 Å². The first kappa shape index (κ1) is 8.81. The molecule has 1 aromatic carbocycles. The average molecular weight is 228 g/mol. The summed E-state index contributed by atoms with van der Waals surface area (Å²) >= 11 is -0.946. The van der Waals surface area contributed by atoms with E-state index < -0.39 is 20.8 Å². The summed E-state index contributed by atoms with van der Waals surface area (Å²) in [5, 5.41) is 0. The molecule has 45 valence electrons. The Labute approximate surface area is 67.8 Å². The molecule has 0 aliphatic heterocycles. The van der Waals surface area contributed by atoms with Crippen LogP contribution >= 0.6 is 17.0 Å². The Kier molecular flexibility index (Phi) is 8.61. The molecule has 0 saturated heterocycles. The number of rotatable bonds is 0. The van der Waals surface area contributed by atoms with E-state index in [0.717, 1.165) is 0 Å². The third-order valence-electron chi connectivity index (χ3n) is 0.556. The Bertz CT molecular complexity index is 77.3. The summed E-state index contributed by atoms with van der Waals surface area (Å²) in [4.78, 5) is 0. The molecule has 0 nitrogen and oxygen atoms in total. The second kappa shape index (κ2) is 7.81. The Morgan fingerprint density at radius 3 is 1.62 bits per heavy atom. The molecule has 3 heteroatoms. The predicted molar refractivity (Wildman–Crippen MR) is 35.1 cm³/mol. The first-order valence-corrected chi connectivity index (χ1v) is 9.41. The van der Waals surface area contributed by atoms with Crippen LogP contribution in [-0.2, 0) is 20.8 Å². The number of hydrogen-bond acceptors (Lipinski definition) is 0. The van der Waals surface area contributed by atoms with Crippen LogP contribution in [0.2, 0.25) is 0 Å². The van der Waals surface area contributed by atoms with Gasteiger partial charge in [-0.2, -0.15) is 18.2 Å². The van der Waals surface area contributed by atoms with Crippen LogP contribution in [-0.4, -0.2) is 0 Å². The fraction of sp³-hybridized carbons (Fsp3) is 0. The van der Waals surface area contributed by atoms with Crippen molar-refractivity contribution < 1.29 is 20.8 Å². The van der Waals surface area contributed by atoms with E-state index in [1.807, 2.05) is 30.3 Å². The largest absolute Gasteiger partial charge is 0.214 e. The number of halogens is 2. The Morgan fingerprint density at radius 1 is 1.12 bits per heavy atom. The van der Waals surface area contributed by atoms with Crippen molar-refractivity contribution in [3.63, 3.8) is 0 Å². The monoisotopic (exact) mass is 226 g/mol. The zero-order valence-electron chi connectivity index (χ0n) is 4.22. The second-order valence-electron chi connectivity index (χ2n) is 1.04. The molecule has 8 heavy (non-hydrogen) atoms. The third-order valence-corrected chi connectivity index (χ3v) is 0.556. The van der Waals surface area contributed by atoms with Crippen LogP contribution < -0.4 is 0 Å². The molecule has 0 bridgehead atoms. The van der Waals surface area contributed by atoms with Gasteiger partial charge in [0.2, 0.25) is 0 Å². The van der Waals surface area contributed by atoms with Gasteiger partial charge in [0.05, 0.1) is 0 Å². The topological polar surface area (TPSA) is 0 Å². The molecule has 0 saturated carbocycles. The van der Waals surface area contributed by atoms with Crippen LogP contribution in [0.15, 0.2) is 30.3 Å². The zero-order chi connectivity index (χ0) is 6.24. The second-order valence-corrected chi connectivity index (χ2v) is 5.35. The number of hydrogen-bond donors (Lipinski definition) is 0. The van der Waals surface area contributed by atoms with E-state index in [1.54, 1.807) is 0 Å². The Hall–Kier alpha value is 0.813. The summed E-state index contributed by atoms with van der Waals surface area (Å²) < 4.78 is 0. The zero-order valence-corrected chi connectivity index (χ0v) is 8.57. The molecule has 0 aliphatic rings. The van der Waals surface area contributed by atoms with E-state index in [-0.39, 0.29) is 0 Å². The van der Waals surface area contributed by atoms with Crippen molar-refractivity contribution in [3.05, 3.63) is 30.3 Å². The molecule has 0 aliphatic carbocycles. The van der Waals surface area contributed by atoms with Gasteiger partial charge in [-0.05, 0) is 0 Å². The van der Waals surface area contributed by atoms with Crippen LogP contribution in [0, 0.1) is 0 Å². The summed E-state index contributed by atoms with van der Waals surface area (Å²) in [7, 11) is 9.91. The summed E-state index contributed by atoms with van der Waals surface area (Å²) in [5.41, 5.74) is 0. The molecule has 0 atom stereocenters. The van der Waals surface area contributed by atoms with Crippen LogP contribution in [0.3, 0.4) is 0 Å². The minimum absolute atomic E-state index is 0.946. The van der Waals surface area contributed by atoms with Crippen molar-refractivity contribution >= 4 is 17.0 Å². The molecule has 0 aromatic heterocycles. The minimum Gasteiger partial charge on any atom is -0.214 e. The quantitative estimate of drug-likeness (QED) is 0.598. The van der Waals surface area contributed by atoms with Crippen molar-refractivity contribution in [1.29, 1.82) is 0 Å². The van der Waals surface area contributed by atoms with E-state index in [4.69, 9.17) is 17.0 Å². The van der Waals surface area contributed by atoms with Gasteiger partial charge in [0.25, 0.3) is 0 Å². The third kappa shape index (κ3) is 6.81. The van der Waals surface area contributed by atoms with Gasteiger partial charge in [0, 0.05) is 0 Å². The van der Waals surface area contributed by atoms with Gasteiger partial charge in [-0.3, -0.25) is 0 Å². The van der Waals surface area contributed by atoms with Crippen LogP contribution in [0.1, 0.15) is 0 Å². The maximum atomic E-state index is 4.95. The van der Waals surface area contributed by atoms with Crippen molar-refractivity contribution in [2.75, 3.05) is 0 Å². The molecular weight excluding hydrogens is 222 g/mol. The van der Waals surface area contributed by atoms with Crippen molar-refractivity contribution in [2.45, 2.75) is 0 Å². The van der Waals surface area contributed by atoms with Crippen LogP contribution in [0.5, 0.6) is 0 Å². The molecule has 1 rings (SSSR count). The molecule has 0 unspecified atom stereocenters. The summed E-state index contributed by atoms with van der Waals surface area (Å²) in [6, 6.07) is 10.0. The van der Waals surface area contributed by atoms with Gasteiger partial charge < -0.3 is 0 Å². The Balaban J connectivity index is 0.000000145. The van der Waals surface area contributed by atoms with E-state index >= 15 is 0 Å². The normalized spacial score (nSPS) is 6.75. The maximum Gasteiger partial charge on any atom is -0.172 e. The van der Waals surface area contributed by atoms with Gasteiger partial charge in [-0.1, -0.05) is 0 Å². The maximum absolute atomic E-state index is 4.95. The van der Waals surface area contributed by atoms with E-state index in [1.165, 1.54) is 0 Å². The van der Waals surface area contributed by atoms with E-state index in [9.17, 15) is 0 Å².